The van der Waals surface area contributed by atoms with Gasteiger partial charge < -0.3 is 9.01 Å². The first kappa shape index (κ1) is 17.4. The largest absolute Gasteiger partial charge is 0.388 e. The second-order valence-corrected chi connectivity index (χ2v) is 7.20. The Morgan fingerprint density at radius 3 is 2.39 bits per heavy atom. The van der Waals surface area contributed by atoms with Gasteiger partial charge in [0.1, 0.15) is 6.16 Å². The summed E-state index contributed by atoms with van der Waals surface area (Å²) in [7, 11) is 2.62. The van der Waals surface area contributed by atoms with Gasteiger partial charge >= 0.3 is 13.6 Å². The number of nitrogens with zero attached hydrogens (tertiary/aromatic N) is 1. The maximum absolute atomic E-state index is 12.4. The normalized spacial score (nSPS) is 15.6. The zero-order valence-electron chi connectivity index (χ0n) is 12.0. The molecule has 6 heteroatoms. The Bertz CT molecular complexity index is 333. The van der Waals surface area contributed by atoms with E-state index in [9.17, 15) is 9.36 Å². The van der Waals surface area contributed by atoms with E-state index in [0.29, 0.717) is 17.6 Å². The summed E-state index contributed by atoms with van der Waals surface area (Å²) >= 11 is 0. The standard InChI is InChI=1S/C12H25NO4P/c1-6-8-12(14)17-18(15,16-10-7-2)11-9-13(3,4)5/h6,8H,7,9-11H2,1-5H3/q+1. The summed E-state index contributed by atoms with van der Waals surface area (Å²) in [5.74, 6) is -0.613. The van der Waals surface area contributed by atoms with Gasteiger partial charge in [0.2, 0.25) is 0 Å². The maximum atomic E-state index is 12.4. The van der Waals surface area contributed by atoms with Crippen LogP contribution in [-0.2, 0) is 18.4 Å². The second-order valence-electron chi connectivity index (χ2n) is 5.09. The number of allylic oxidation sites excluding steroid dienone is 1. The summed E-state index contributed by atoms with van der Waals surface area (Å²) in [5, 5.41) is 0. The molecule has 0 spiro atoms. The molecule has 0 aromatic carbocycles. The third-order valence-corrected chi connectivity index (χ3v) is 3.85. The monoisotopic (exact) mass is 278 g/mol. The fourth-order valence-electron chi connectivity index (χ4n) is 1.09. The average molecular weight is 278 g/mol. The van der Waals surface area contributed by atoms with Crippen LogP contribution >= 0.6 is 7.60 Å². The first-order valence-corrected chi connectivity index (χ1v) is 7.85. The van der Waals surface area contributed by atoms with Crippen LogP contribution in [-0.4, -0.2) is 50.9 Å². The van der Waals surface area contributed by atoms with E-state index in [0.717, 1.165) is 6.42 Å². The molecular formula is C12H25NO4P+. The number of hydrogen-bond acceptors (Lipinski definition) is 4. The van der Waals surface area contributed by atoms with Gasteiger partial charge in [-0.25, -0.2) is 9.36 Å². The average Bonchev–Trinajstić information content (AvgIpc) is 2.23. The molecule has 0 aliphatic rings. The molecule has 1 unspecified atom stereocenters. The zero-order valence-corrected chi connectivity index (χ0v) is 12.9. The number of rotatable bonds is 8. The molecule has 0 aromatic rings. The lowest BCUT2D eigenvalue weighted by molar-refractivity contribution is -0.867. The lowest BCUT2D eigenvalue weighted by atomic mass is 10.5. The van der Waals surface area contributed by atoms with Gasteiger partial charge in [-0.15, -0.1) is 0 Å². The number of carbonyl (C=O) groups is 1. The van der Waals surface area contributed by atoms with E-state index >= 15 is 0 Å². The minimum Gasteiger partial charge on any atom is -0.388 e. The van der Waals surface area contributed by atoms with E-state index in [1.165, 1.54) is 6.08 Å². The number of quaternary nitrogens is 1. The summed E-state index contributed by atoms with van der Waals surface area (Å²) < 4.78 is 23.3. The Morgan fingerprint density at radius 2 is 1.94 bits per heavy atom. The molecule has 5 nitrogen and oxygen atoms in total. The molecule has 1 atom stereocenters. The first-order chi connectivity index (χ1) is 8.22. The summed E-state index contributed by atoms with van der Waals surface area (Å²) in [6, 6.07) is 0. The van der Waals surface area contributed by atoms with Gasteiger partial charge in [0.15, 0.2) is 0 Å². The van der Waals surface area contributed by atoms with Crippen molar-refractivity contribution < 1.29 is 22.9 Å². The van der Waals surface area contributed by atoms with Crippen molar-refractivity contribution in [2.75, 3.05) is 40.5 Å². The van der Waals surface area contributed by atoms with Crippen molar-refractivity contribution in [2.24, 2.45) is 0 Å². The Hall–Kier alpha value is -0.640. The SMILES string of the molecule is CC=CC(=O)OP(=O)(CC[N+](C)(C)C)OCCC. The first-order valence-electron chi connectivity index (χ1n) is 6.13. The maximum Gasteiger partial charge on any atom is 0.387 e. The lowest BCUT2D eigenvalue weighted by Gasteiger charge is -2.26. The van der Waals surface area contributed by atoms with Crippen LogP contribution in [0.3, 0.4) is 0 Å². The quantitative estimate of drug-likeness (QED) is 0.389. The highest BCUT2D eigenvalue weighted by atomic mass is 31.2. The van der Waals surface area contributed by atoms with Crippen molar-refractivity contribution in [1.82, 2.24) is 0 Å². The van der Waals surface area contributed by atoms with E-state index in [2.05, 4.69) is 0 Å². The van der Waals surface area contributed by atoms with Crippen molar-refractivity contribution in [3.05, 3.63) is 12.2 Å². The number of carbonyl (C=O) groups excluding carboxylic acids is 1. The van der Waals surface area contributed by atoms with Crippen LogP contribution in [0.5, 0.6) is 0 Å². The summed E-state index contributed by atoms with van der Waals surface area (Å²) in [4.78, 5) is 11.4. The predicted molar refractivity (Wildman–Crippen MR) is 72.5 cm³/mol. The van der Waals surface area contributed by atoms with Crippen LogP contribution in [0, 0.1) is 0 Å². The highest BCUT2D eigenvalue weighted by molar-refractivity contribution is 7.54. The van der Waals surface area contributed by atoms with E-state index in [1.54, 1.807) is 13.0 Å². The van der Waals surface area contributed by atoms with Crippen LogP contribution in [0.4, 0.5) is 0 Å². The van der Waals surface area contributed by atoms with Crippen LogP contribution in [0.2, 0.25) is 0 Å². The van der Waals surface area contributed by atoms with Gasteiger partial charge in [-0.3, -0.25) is 4.52 Å². The third kappa shape index (κ3) is 8.45. The van der Waals surface area contributed by atoms with E-state index in [1.807, 2.05) is 28.1 Å². The molecular weight excluding hydrogens is 253 g/mol. The molecule has 0 rings (SSSR count). The van der Waals surface area contributed by atoms with Crippen LogP contribution in [0.1, 0.15) is 20.3 Å². The van der Waals surface area contributed by atoms with Crippen LogP contribution < -0.4 is 0 Å². The molecule has 0 aliphatic heterocycles. The van der Waals surface area contributed by atoms with E-state index in [-0.39, 0.29) is 6.16 Å². The second kappa shape index (κ2) is 7.72. The molecule has 0 saturated carbocycles. The van der Waals surface area contributed by atoms with Gasteiger partial charge in [0, 0.05) is 6.08 Å². The van der Waals surface area contributed by atoms with Crippen LogP contribution in [0.15, 0.2) is 12.2 Å². The van der Waals surface area contributed by atoms with Gasteiger partial charge in [-0.1, -0.05) is 13.0 Å². The fraction of sp³-hybridized carbons (Fsp3) is 0.750. The van der Waals surface area contributed by atoms with Crippen molar-refractivity contribution in [2.45, 2.75) is 20.3 Å². The molecule has 18 heavy (non-hydrogen) atoms. The summed E-state index contributed by atoms with van der Waals surface area (Å²) in [6.07, 6.45) is 3.76. The fourth-order valence-corrected chi connectivity index (χ4v) is 3.01. The summed E-state index contributed by atoms with van der Waals surface area (Å²) in [6.45, 7) is 4.56. The van der Waals surface area contributed by atoms with Crippen molar-refractivity contribution >= 4 is 13.6 Å². The Kier molecular flexibility index (Phi) is 7.45. The van der Waals surface area contributed by atoms with E-state index in [4.69, 9.17) is 9.05 Å². The Morgan fingerprint density at radius 1 is 1.33 bits per heavy atom. The molecule has 0 radical (unpaired) electrons. The van der Waals surface area contributed by atoms with Crippen molar-refractivity contribution in [1.29, 1.82) is 0 Å². The highest BCUT2D eigenvalue weighted by Gasteiger charge is 2.30. The minimum absolute atomic E-state index is 0.236. The molecule has 0 fully saturated rings. The molecule has 0 aliphatic carbocycles. The lowest BCUT2D eigenvalue weighted by Crippen LogP contribution is -2.37. The molecule has 106 valence electrons. The highest BCUT2D eigenvalue weighted by Crippen LogP contribution is 2.48. The number of hydrogen-bond donors (Lipinski definition) is 0. The van der Waals surface area contributed by atoms with Crippen molar-refractivity contribution in [3.8, 4) is 0 Å². The minimum atomic E-state index is -3.33. The van der Waals surface area contributed by atoms with Gasteiger partial charge in [-0.2, -0.15) is 0 Å². The van der Waals surface area contributed by atoms with Gasteiger partial charge in [0.25, 0.3) is 0 Å². The van der Waals surface area contributed by atoms with Gasteiger partial charge in [-0.05, 0) is 13.3 Å². The Balaban J connectivity index is 4.61. The van der Waals surface area contributed by atoms with Crippen LogP contribution in [0.25, 0.3) is 0 Å². The predicted octanol–water partition coefficient (Wildman–Crippen LogP) is 2.43. The topological polar surface area (TPSA) is 52.6 Å². The molecule has 0 amide bonds. The molecule has 0 heterocycles. The molecule has 0 saturated heterocycles. The smallest absolute Gasteiger partial charge is 0.387 e. The van der Waals surface area contributed by atoms with Crippen molar-refractivity contribution in [3.63, 3.8) is 0 Å². The van der Waals surface area contributed by atoms with Gasteiger partial charge in [0.05, 0.1) is 34.3 Å². The zero-order chi connectivity index (χ0) is 14.2. The Labute approximate surface area is 110 Å². The third-order valence-electron chi connectivity index (χ3n) is 2.07. The molecule has 0 N–H and O–H groups in total. The molecule has 0 aromatic heterocycles. The summed E-state index contributed by atoms with van der Waals surface area (Å²) in [5.41, 5.74) is 0. The molecule has 0 bridgehead atoms. The van der Waals surface area contributed by atoms with E-state index < -0.39 is 13.6 Å².